The molecule has 2 heteroatoms. The Balaban J connectivity index is 2.20. The van der Waals surface area contributed by atoms with E-state index in [0.717, 1.165) is 16.3 Å². The summed E-state index contributed by atoms with van der Waals surface area (Å²) >= 11 is 0. The minimum atomic E-state index is 0.116. The van der Waals surface area contributed by atoms with Gasteiger partial charge in [0.05, 0.1) is 0 Å². The first-order valence-corrected chi connectivity index (χ1v) is 5.73. The SMILES string of the molecule is N[C@@H](c1ccc(O)c2ccccc12)C1CC1. The Morgan fingerprint density at radius 2 is 1.75 bits per heavy atom. The summed E-state index contributed by atoms with van der Waals surface area (Å²) in [6.45, 7) is 0. The third-order valence-electron chi connectivity index (χ3n) is 3.42. The lowest BCUT2D eigenvalue weighted by Crippen LogP contribution is -2.12. The molecule has 2 aromatic rings. The molecular formula is C14H15NO. The van der Waals surface area contributed by atoms with Gasteiger partial charge in [0.15, 0.2) is 0 Å². The summed E-state index contributed by atoms with van der Waals surface area (Å²) < 4.78 is 0. The van der Waals surface area contributed by atoms with Gasteiger partial charge in [0.1, 0.15) is 5.75 Å². The third-order valence-corrected chi connectivity index (χ3v) is 3.42. The Labute approximate surface area is 94.7 Å². The van der Waals surface area contributed by atoms with Gasteiger partial charge < -0.3 is 10.8 Å². The molecule has 2 nitrogen and oxygen atoms in total. The second-order valence-corrected chi connectivity index (χ2v) is 4.58. The molecule has 3 rings (SSSR count). The highest BCUT2D eigenvalue weighted by atomic mass is 16.3. The summed E-state index contributed by atoms with van der Waals surface area (Å²) in [5.74, 6) is 0.968. The van der Waals surface area contributed by atoms with Crippen LogP contribution < -0.4 is 5.73 Å². The van der Waals surface area contributed by atoms with E-state index < -0.39 is 0 Å². The van der Waals surface area contributed by atoms with Crippen LogP contribution in [0.25, 0.3) is 10.8 Å². The molecule has 0 saturated heterocycles. The standard InChI is InChI=1S/C14H15NO/c15-14(9-5-6-9)12-7-8-13(16)11-4-2-1-3-10(11)12/h1-4,7-9,14,16H,5-6,15H2/t14-/m1/s1. The van der Waals surface area contributed by atoms with Gasteiger partial charge in [0.25, 0.3) is 0 Å². The monoisotopic (exact) mass is 213 g/mol. The maximum absolute atomic E-state index is 9.79. The van der Waals surface area contributed by atoms with Gasteiger partial charge in [-0.25, -0.2) is 0 Å². The predicted molar refractivity (Wildman–Crippen MR) is 65.3 cm³/mol. The van der Waals surface area contributed by atoms with E-state index in [1.165, 1.54) is 12.8 Å². The van der Waals surface area contributed by atoms with Crippen molar-refractivity contribution in [2.75, 3.05) is 0 Å². The highest BCUT2D eigenvalue weighted by molar-refractivity contribution is 5.91. The van der Waals surface area contributed by atoms with Crippen molar-refractivity contribution in [1.29, 1.82) is 0 Å². The molecule has 0 spiro atoms. The number of nitrogens with two attached hydrogens (primary N) is 1. The Hall–Kier alpha value is -1.54. The number of hydrogen-bond acceptors (Lipinski definition) is 2. The van der Waals surface area contributed by atoms with E-state index in [-0.39, 0.29) is 6.04 Å². The van der Waals surface area contributed by atoms with Crippen LogP contribution in [-0.4, -0.2) is 5.11 Å². The topological polar surface area (TPSA) is 46.2 Å². The van der Waals surface area contributed by atoms with E-state index in [4.69, 9.17) is 5.73 Å². The van der Waals surface area contributed by atoms with Crippen molar-refractivity contribution in [1.82, 2.24) is 0 Å². The number of fused-ring (bicyclic) bond motifs is 1. The van der Waals surface area contributed by atoms with Crippen LogP contribution in [0.2, 0.25) is 0 Å². The molecule has 0 radical (unpaired) electrons. The number of phenols is 1. The zero-order valence-corrected chi connectivity index (χ0v) is 9.06. The van der Waals surface area contributed by atoms with E-state index in [2.05, 4.69) is 0 Å². The molecule has 0 amide bonds. The highest BCUT2D eigenvalue weighted by Gasteiger charge is 2.30. The fourth-order valence-electron chi connectivity index (χ4n) is 2.31. The molecule has 16 heavy (non-hydrogen) atoms. The first kappa shape index (κ1) is 9.67. The number of hydrogen-bond donors (Lipinski definition) is 2. The van der Waals surface area contributed by atoms with E-state index in [9.17, 15) is 5.11 Å². The summed E-state index contributed by atoms with van der Waals surface area (Å²) in [5, 5.41) is 11.8. The van der Waals surface area contributed by atoms with Crippen molar-refractivity contribution in [3.05, 3.63) is 42.0 Å². The number of benzene rings is 2. The van der Waals surface area contributed by atoms with Crippen LogP contribution in [-0.2, 0) is 0 Å². The molecule has 0 aliphatic heterocycles. The zero-order chi connectivity index (χ0) is 11.1. The average molecular weight is 213 g/mol. The van der Waals surface area contributed by atoms with E-state index >= 15 is 0 Å². The van der Waals surface area contributed by atoms with Gasteiger partial charge in [-0.2, -0.15) is 0 Å². The van der Waals surface area contributed by atoms with Crippen molar-refractivity contribution in [3.8, 4) is 5.75 Å². The Kier molecular flexibility index (Phi) is 2.11. The Morgan fingerprint density at radius 1 is 1.06 bits per heavy atom. The first-order valence-electron chi connectivity index (χ1n) is 5.73. The molecule has 1 fully saturated rings. The minimum Gasteiger partial charge on any atom is -0.507 e. The number of aromatic hydroxyl groups is 1. The molecule has 0 aromatic heterocycles. The largest absolute Gasteiger partial charge is 0.507 e. The molecule has 3 N–H and O–H groups in total. The third kappa shape index (κ3) is 1.46. The average Bonchev–Trinajstić information content (AvgIpc) is 3.13. The van der Waals surface area contributed by atoms with E-state index in [0.29, 0.717) is 11.7 Å². The predicted octanol–water partition coefficient (Wildman–Crippen LogP) is 2.96. The molecule has 0 heterocycles. The van der Waals surface area contributed by atoms with Gasteiger partial charge >= 0.3 is 0 Å². The molecule has 1 atom stereocenters. The lowest BCUT2D eigenvalue weighted by atomic mass is 9.96. The fraction of sp³-hybridized carbons (Fsp3) is 0.286. The normalized spacial score (nSPS) is 17.6. The Bertz CT molecular complexity index is 531. The molecule has 82 valence electrons. The molecule has 1 aliphatic rings. The van der Waals surface area contributed by atoms with Gasteiger partial charge in [-0.15, -0.1) is 0 Å². The van der Waals surface area contributed by atoms with Gasteiger partial charge in [0, 0.05) is 11.4 Å². The second-order valence-electron chi connectivity index (χ2n) is 4.58. The van der Waals surface area contributed by atoms with Gasteiger partial charge in [-0.3, -0.25) is 0 Å². The van der Waals surface area contributed by atoms with Crippen molar-refractivity contribution in [2.45, 2.75) is 18.9 Å². The molecule has 1 saturated carbocycles. The van der Waals surface area contributed by atoms with Crippen LogP contribution in [0, 0.1) is 5.92 Å². The van der Waals surface area contributed by atoms with Gasteiger partial charge in [-0.1, -0.05) is 30.3 Å². The Morgan fingerprint density at radius 3 is 2.44 bits per heavy atom. The van der Waals surface area contributed by atoms with Crippen LogP contribution in [0.15, 0.2) is 36.4 Å². The summed E-state index contributed by atoms with van der Waals surface area (Å²) in [6.07, 6.45) is 2.47. The van der Waals surface area contributed by atoms with Gasteiger partial charge in [0.2, 0.25) is 0 Å². The van der Waals surface area contributed by atoms with Crippen molar-refractivity contribution in [2.24, 2.45) is 11.7 Å². The molecule has 1 aliphatic carbocycles. The lowest BCUT2D eigenvalue weighted by molar-refractivity contribution is 0.481. The van der Waals surface area contributed by atoms with Crippen molar-refractivity contribution in [3.63, 3.8) is 0 Å². The molecule has 2 aromatic carbocycles. The highest BCUT2D eigenvalue weighted by Crippen LogP contribution is 2.42. The maximum atomic E-state index is 9.79. The zero-order valence-electron chi connectivity index (χ0n) is 9.06. The summed E-state index contributed by atoms with van der Waals surface area (Å²) in [4.78, 5) is 0. The fourth-order valence-corrected chi connectivity index (χ4v) is 2.31. The molecular weight excluding hydrogens is 198 g/mol. The van der Waals surface area contributed by atoms with Crippen LogP contribution >= 0.6 is 0 Å². The summed E-state index contributed by atoms with van der Waals surface area (Å²) in [6, 6.07) is 11.7. The van der Waals surface area contributed by atoms with Crippen LogP contribution in [0.3, 0.4) is 0 Å². The van der Waals surface area contributed by atoms with Gasteiger partial charge in [-0.05, 0) is 35.8 Å². The quantitative estimate of drug-likeness (QED) is 0.805. The first-order chi connectivity index (χ1) is 7.77. The van der Waals surface area contributed by atoms with Crippen LogP contribution in [0.1, 0.15) is 24.4 Å². The minimum absolute atomic E-state index is 0.116. The van der Waals surface area contributed by atoms with Crippen LogP contribution in [0.4, 0.5) is 0 Å². The van der Waals surface area contributed by atoms with Crippen molar-refractivity contribution < 1.29 is 5.11 Å². The maximum Gasteiger partial charge on any atom is 0.123 e. The smallest absolute Gasteiger partial charge is 0.123 e. The summed E-state index contributed by atoms with van der Waals surface area (Å²) in [7, 11) is 0. The molecule has 0 bridgehead atoms. The summed E-state index contributed by atoms with van der Waals surface area (Å²) in [5.41, 5.74) is 7.40. The molecule has 0 unspecified atom stereocenters. The lowest BCUT2D eigenvalue weighted by Gasteiger charge is -2.14. The van der Waals surface area contributed by atoms with Crippen LogP contribution in [0.5, 0.6) is 5.75 Å². The number of rotatable bonds is 2. The van der Waals surface area contributed by atoms with Crippen molar-refractivity contribution >= 4 is 10.8 Å². The number of phenolic OH excluding ortho intramolecular Hbond substituents is 1. The van der Waals surface area contributed by atoms with E-state index in [1.807, 2.05) is 30.3 Å². The van der Waals surface area contributed by atoms with E-state index in [1.54, 1.807) is 6.07 Å². The second kappa shape index (κ2) is 3.49.